The monoisotopic (exact) mass is 476 g/mol. The van der Waals surface area contributed by atoms with Crippen molar-refractivity contribution in [2.45, 2.75) is 32.2 Å². The summed E-state index contributed by atoms with van der Waals surface area (Å²) in [6.07, 6.45) is 3.57. The van der Waals surface area contributed by atoms with Crippen LogP contribution in [-0.2, 0) is 9.59 Å². The molecule has 1 atom stereocenters. The van der Waals surface area contributed by atoms with Gasteiger partial charge in [0.05, 0.1) is 5.57 Å². The van der Waals surface area contributed by atoms with E-state index in [1.807, 2.05) is 24.3 Å². The zero-order valence-corrected chi connectivity index (χ0v) is 19.6. The third-order valence-electron chi connectivity index (χ3n) is 6.42. The van der Waals surface area contributed by atoms with Crippen LogP contribution in [0.3, 0.4) is 0 Å². The summed E-state index contributed by atoms with van der Waals surface area (Å²) < 4.78 is 5.85. The van der Waals surface area contributed by atoms with Crippen LogP contribution >= 0.6 is 11.6 Å². The number of aliphatic hydroxyl groups is 1. The Kier molecular flexibility index (Phi) is 5.92. The quantitative estimate of drug-likeness (QED) is 0.290. The predicted molar refractivity (Wildman–Crippen MR) is 132 cm³/mol. The summed E-state index contributed by atoms with van der Waals surface area (Å²) in [5.41, 5.74) is 1.98. The van der Waals surface area contributed by atoms with Gasteiger partial charge < -0.3 is 14.4 Å². The van der Waals surface area contributed by atoms with E-state index in [4.69, 9.17) is 16.0 Å². The zero-order chi connectivity index (χ0) is 23.8. The Morgan fingerprint density at radius 2 is 1.68 bits per heavy atom. The number of furan rings is 1. The van der Waals surface area contributed by atoms with Gasteiger partial charge in [-0.25, -0.2) is 0 Å². The number of aryl methyl sites for hydroxylation is 1. The molecule has 5 rings (SSSR count). The predicted octanol–water partition coefficient (Wildman–Crippen LogP) is 5.86. The van der Waals surface area contributed by atoms with Crippen LogP contribution in [0.5, 0.6) is 0 Å². The molecule has 2 aliphatic heterocycles. The molecular weight excluding hydrogens is 452 g/mol. The average molecular weight is 477 g/mol. The van der Waals surface area contributed by atoms with Crippen LogP contribution in [0, 0.1) is 6.92 Å². The first kappa shape index (κ1) is 22.3. The molecule has 2 fully saturated rings. The maximum absolute atomic E-state index is 13.2. The van der Waals surface area contributed by atoms with E-state index in [0.29, 0.717) is 27.8 Å². The number of hydrogen-bond donors (Lipinski definition) is 1. The molecule has 1 N–H and O–H groups in total. The van der Waals surface area contributed by atoms with Crippen molar-refractivity contribution in [1.82, 2.24) is 0 Å². The van der Waals surface area contributed by atoms with Crippen LogP contribution in [0.2, 0.25) is 5.02 Å². The smallest absolute Gasteiger partial charge is 0.300 e. The Hall–Kier alpha value is -3.51. The second-order valence-electron chi connectivity index (χ2n) is 8.69. The number of halogens is 1. The summed E-state index contributed by atoms with van der Waals surface area (Å²) in [5, 5.41) is 11.5. The van der Waals surface area contributed by atoms with Gasteiger partial charge in [0.2, 0.25) is 0 Å². The molecule has 1 unspecified atom stereocenters. The van der Waals surface area contributed by atoms with E-state index in [1.165, 1.54) is 11.3 Å². The molecule has 34 heavy (non-hydrogen) atoms. The van der Waals surface area contributed by atoms with Gasteiger partial charge in [-0.05, 0) is 74.7 Å². The topological polar surface area (TPSA) is 74.0 Å². The molecule has 3 aromatic rings. The Morgan fingerprint density at radius 1 is 0.971 bits per heavy atom. The number of ketones is 1. The number of amides is 1. The van der Waals surface area contributed by atoms with Crippen molar-refractivity contribution in [3.63, 3.8) is 0 Å². The highest BCUT2D eigenvalue weighted by molar-refractivity contribution is 6.51. The summed E-state index contributed by atoms with van der Waals surface area (Å²) in [4.78, 5) is 30.2. The van der Waals surface area contributed by atoms with E-state index in [-0.39, 0.29) is 11.3 Å². The van der Waals surface area contributed by atoms with E-state index in [9.17, 15) is 14.7 Å². The summed E-state index contributed by atoms with van der Waals surface area (Å²) in [6, 6.07) is 16.8. The van der Waals surface area contributed by atoms with Gasteiger partial charge in [-0.2, -0.15) is 0 Å². The minimum atomic E-state index is -0.895. The number of anilines is 2. The largest absolute Gasteiger partial charge is 0.507 e. The molecule has 0 saturated carbocycles. The van der Waals surface area contributed by atoms with Gasteiger partial charge in [0, 0.05) is 35.1 Å². The van der Waals surface area contributed by atoms with Crippen molar-refractivity contribution in [3.8, 4) is 0 Å². The van der Waals surface area contributed by atoms with Crippen molar-refractivity contribution in [3.05, 3.63) is 88.3 Å². The number of carbonyl (C=O) groups is 2. The van der Waals surface area contributed by atoms with Crippen LogP contribution in [0.4, 0.5) is 11.4 Å². The molecule has 7 heteroatoms. The zero-order valence-electron chi connectivity index (χ0n) is 18.8. The van der Waals surface area contributed by atoms with E-state index < -0.39 is 17.7 Å². The van der Waals surface area contributed by atoms with Gasteiger partial charge in [-0.3, -0.25) is 14.5 Å². The van der Waals surface area contributed by atoms with Crippen LogP contribution in [0.15, 0.2) is 70.7 Å². The Balaban J connectivity index is 1.59. The van der Waals surface area contributed by atoms with Gasteiger partial charge in [-0.15, -0.1) is 0 Å². The lowest BCUT2D eigenvalue weighted by Gasteiger charge is -2.29. The molecule has 2 aromatic carbocycles. The van der Waals surface area contributed by atoms with Crippen molar-refractivity contribution in [2.75, 3.05) is 22.9 Å². The molecule has 0 spiro atoms. The fourth-order valence-corrected chi connectivity index (χ4v) is 4.93. The fraction of sp³-hybridized carbons (Fsp3) is 0.259. The molecule has 1 amide bonds. The van der Waals surface area contributed by atoms with Crippen molar-refractivity contribution in [2.24, 2.45) is 0 Å². The Morgan fingerprint density at radius 3 is 2.32 bits per heavy atom. The van der Waals surface area contributed by atoms with Gasteiger partial charge in [0.25, 0.3) is 11.7 Å². The molecule has 0 aliphatic carbocycles. The number of nitrogens with zero attached hydrogens (tertiary/aromatic N) is 2. The van der Waals surface area contributed by atoms with Gasteiger partial charge >= 0.3 is 0 Å². The third kappa shape index (κ3) is 3.99. The highest BCUT2D eigenvalue weighted by Crippen LogP contribution is 2.43. The summed E-state index contributed by atoms with van der Waals surface area (Å²) in [5.74, 6) is -0.721. The molecular formula is C27H25ClN2O4. The van der Waals surface area contributed by atoms with Crippen molar-refractivity contribution in [1.29, 1.82) is 0 Å². The van der Waals surface area contributed by atoms with E-state index in [0.717, 1.165) is 31.6 Å². The lowest BCUT2D eigenvalue weighted by molar-refractivity contribution is -0.132. The number of Topliss-reactive ketones (excluding diaryl/α,β-unsaturated/α-hetero) is 1. The average Bonchev–Trinajstić information content (AvgIpc) is 3.40. The maximum atomic E-state index is 13.2. The third-order valence-corrected chi connectivity index (χ3v) is 6.66. The normalized spacial score (nSPS) is 20.2. The SMILES string of the molecule is Cc1ccc(C2/C(=C(/O)c3cccc(Cl)c3)C(=O)C(=O)N2c2ccc(N3CCCCC3)cc2)o1. The Labute approximate surface area is 203 Å². The fourth-order valence-electron chi connectivity index (χ4n) is 4.74. The highest BCUT2D eigenvalue weighted by Gasteiger charge is 2.48. The van der Waals surface area contributed by atoms with Crippen LogP contribution in [0.25, 0.3) is 5.76 Å². The van der Waals surface area contributed by atoms with Crippen LogP contribution in [-0.4, -0.2) is 29.9 Å². The number of carbonyl (C=O) groups excluding carboxylic acids is 2. The molecule has 2 aliphatic rings. The Bertz CT molecular complexity index is 1270. The van der Waals surface area contributed by atoms with Gasteiger partial charge in [0.1, 0.15) is 23.3 Å². The second kappa shape index (κ2) is 9.03. The second-order valence-corrected chi connectivity index (χ2v) is 9.13. The summed E-state index contributed by atoms with van der Waals surface area (Å²) >= 11 is 6.10. The number of benzene rings is 2. The minimum absolute atomic E-state index is 0.0262. The van der Waals surface area contributed by atoms with Gasteiger partial charge in [0.15, 0.2) is 0 Å². The van der Waals surface area contributed by atoms with Crippen LogP contribution in [0.1, 0.15) is 42.4 Å². The van der Waals surface area contributed by atoms with Crippen LogP contribution < -0.4 is 9.80 Å². The van der Waals surface area contributed by atoms with E-state index >= 15 is 0 Å². The lowest BCUT2D eigenvalue weighted by Crippen LogP contribution is -2.30. The maximum Gasteiger partial charge on any atom is 0.300 e. The molecule has 0 bridgehead atoms. The van der Waals surface area contributed by atoms with E-state index in [2.05, 4.69) is 4.90 Å². The molecule has 3 heterocycles. The minimum Gasteiger partial charge on any atom is -0.507 e. The first-order valence-corrected chi connectivity index (χ1v) is 11.8. The first-order chi connectivity index (χ1) is 16.4. The van der Waals surface area contributed by atoms with E-state index in [1.54, 1.807) is 43.3 Å². The van der Waals surface area contributed by atoms with Crippen molar-refractivity contribution >= 4 is 40.4 Å². The molecule has 2 saturated heterocycles. The number of rotatable bonds is 4. The number of aliphatic hydroxyl groups excluding tert-OH is 1. The number of hydrogen-bond acceptors (Lipinski definition) is 5. The standard InChI is InChI=1S/C27H25ClN2O4/c1-17-8-13-22(34-17)24-23(25(31)18-6-5-7-19(28)16-18)26(32)27(33)30(24)21-11-9-20(10-12-21)29-14-3-2-4-15-29/h5-13,16,24,31H,2-4,14-15H2,1H3/b25-23-. The lowest BCUT2D eigenvalue weighted by atomic mass is 9.99. The van der Waals surface area contributed by atoms with Gasteiger partial charge in [-0.1, -0.05) is 23.7 Å². The molecule has 6 nitrogen and oxygen atoms in total. The molecule has 1 aromatic heterocycles. The summed E-state index contributed by atoms with van der Waals surface area (Å²) in [6.45, 7) is 3.81. The first-order valence-electron chi connectivity index (χ1n) is 11.4. The van der Waals surface area contributed by atoms with Crippen molar-refractivity contribution < 1.29 is 19.1 Å². The summed E-state index contributed by atoms with van der Waals surface area (Å²) in [7, 11) is 0. The molecule has 174 valence electrons. The highest BCUT2D eigenvalue weighted by atomic mass is 35.5. The number of piperidine rings is 1. The molecule has 0 radical (unpaired) electrons.